The smallest absolute Gasteiger partial charge is 0.190 e. The Kier molecular flexibility index (Phi) is 6.08. The maximum absolute atomic E-state index is 10.9. The lowest BCUT2D eigenvalue weighted by Crippen LogP contribution is -3.00. The number of hydrogen-bond donors (Lipinski definition) is 0. The average molecular weight is 260 g/mol. The second-order valence-corrected chi connectivity index (χ2v) is 5.94. The van der Waals surface area contributed by atoms with E-state index < -0.39 is 0 Å². The Labute approximate surface area is 108 Å². The van der Waals surface area contributed by atoms with Crippen LogP contribution >= 0.6 is 11.8 Å². The molecule has 0 unspecified atom stereocenters. The molecule has 1 aromatic rings. The lowest BCUT2D eigenvalue weighted by Gasteiger charge is -2.23. The second kappa shape index (κ2) is 6.28. The van der Waals surface area contributed by atoms with Crippen molar-refractivity contribution in [2.24, 2.45) is 0 Å². The number of hydrogen-bond acceptors (Lipinski definition) is 2. The third-order valence-electron chi connectivity index (χ3n) is 1.84. The molecule has 0 bridgehead atoms. The molecule has 0 saturated heterocycles. The van der Waals surface area contributed by atoms with Gasteiger partial charge in [-0.15, -0.1) is 0 Å². The van der Waals surface area contributed by atoms with E-state index in [1.807, 2.05) is 12.1 Å². The molecule has 1 rings (SSSR count). The van der Waals surface area contributed by atoms with Gasteiger partial charge in [-0.05, 0) is 12.1 Å². The van der Waals surface area contributed by atoms with E-state index in [-0.39, 0.29) is 17.5 Å². The molecule has 0 N–H and O–H groups in total. The first kappa shape index (κ1) is 15.5. The Bertz CT molecular complexity index is 343. The highest BCUT2D eigenvalue weighted by molar-refractivity contribution is 8.13. The lowest BCUT2D eigenvalue weighted by molar-refractivity contribution is -0.884. The molecule has 0 spiro atoms. The number of carbonyl (C=O) groups excluding carboxylic acids is 1. The summed E-state index contributed by atoms with van der Waals surface area (Å²) in [6, 6.07) is 8.21. The summed E-state index contributed by atoms with van der Waals surface area (Å²) < 4.78 is 0.916. The molecule has 0 radical (unpaired) electrons. The van der Waals surface area contributed by atoms with E-state index in [0.717, 1.165) is 15.9 Å². The number of rotatable bonds is 3. The van der Waals surface area contributed by atoms with Crippen LogP contribution in [0.5, 0.6) is 0 Å². The van der Waals surface area contributed by atoms with Crippen molar-refractivity contribution in [1.82, 2.24) is 0 Å². The Morgan fingerprint density at radius 3 is 2.06 bits per heavy atom. The summed E-state index contributed by atoms with van der Waals surface area (Å²) in [5, 5.41) is 0.134. The van der Waals surface area contributed by atoms with E-state index in [2.05, 4.69) is 33.3 Å². The maximum Gasteiger partial charge on any atom is 0.190 e. The van der Waals surface area contributed by atoms with Gasteiger partial charge in [0.05, 0.1) is 21.1 Å². The SMILES string of the molecule is CC(=O)Sc1ccc(C[N+](C)(C)C)cc1.[Cl-]. The van der Waals surface area contributed by atoms with Crippen molar-refractivity contribution >= 4 is 16.9 Å². The Morgan fingerprint density at radius 1 is 1.19 bits per heavy atom. The number of benzene rings is 1. The second-order valence-electron chi connectivity index (χ2n) is 4.69. The van der Waals surface area contributed by atoms with Gasteiger partial charge in [-0.3, -0.25) is 4.79 Å². The minimum atomic E-state index is 0. The summed E-state index contributed by atoms with van der Waals surface area (Å²) >= 11 is 1.28. The fourth-order valence-corrected chi connectivity index (χ4v) is 1.98. The standard InChI is InChI=1S/C12H18NOS.ClH/c1-10(14)15-12-7-5-11(6-8-12)9-13(2,3)4;/h5-8H,9H2,1-4H3;1H/q+1;/p-1. The van der Waals surface area contributed by atoms with E-state index in [0.29, 0.717) is 0 Å². The van der Waals surface area contributed by atoms with Gasteiger partial charge in [0, 0.05) is 17.4 Å². The maximum atomic E-state index is 10.9. The Morgan fingerprint density at radius 2 is 1.69 bits per heavy atom. The minimum Gasteiger partial charge on any atom is -1.00 e. The quantitative estimate of drug-likeness (QED) is 0.540. The summed E-state index contributed by atoms with van der Waals surface area (Å²) in [4.78, 5) is 11.9. The third-order valence-corrected chi connectivity index (χ3v) is 2.64. The largest absolute Gasteiger partial charge is 1.00 e. The molecule has 0 saturated carbocycles. The zero-order chi connectivity index (χ0) is 11.5. The molecule has 1 aromatic carbocycles. The Balaban J connectivity index is 0.00000225. The topological polar surface area (TPSA) is 17.1 Å². The van der Waals surface area contributed by atoms with E-state index in [9.17, 15) is 4.79 Å². The Hall–Kier alpha value is -0.510. The van der Waals surface area contributed by atoms with Crippen LogP contribution in [0.25, 0.3) is 0 Å². The molecule has 0 aliphatic carbocycles. The van der Waals surface area contributed by atoms with E-state index in [1.54, 1.807) is 6.92 Å². The van der Waals surface area contributed by atoms with Crippen molar-refractivity contribution in [3.05, 3.63) is 29.8 Å². The van der Waals surface area contributed by atoms with Crippen LogP contribution < -0.4 is 12.4 Å². The molecule has 0 aliphatic heterocycles. The van der Waals surface area contributed by atoms with Gasteiger partial charge in [-0.1, -0.05) is 23.9 Å². The predicted octanol–water partition coefficient (Wildman–Crippen LogP) is -0.465. The summed E-state index contributed by atoms with van der Waals surface area (Å²) in [5.74, 6) is 0. The van der Waals surface area contributed by atoms with Crippen molar-refractivity contribution in [3.63, 3.8) is 0 Å². The van der Waals surface area contributed by atoms with Crippen LogP contribution in [0.15, 0.2) is 29.2 Å². The molecule has 16 heavy (non-hydrogen) atoms. The van der Waals surface area contributed by atoms with Crippen LogP contribution in [0.3, 0.4) is 0 Å². The third kappa shape index (κ3) is 6.16. The summed E-state index contributed by atoms with van der Waals surface area (Å²) in [5.41, 5.74) is 1.30. The number of thioether (sulfide) groups is 1. The van der Waals surface area contributed by atoms with Gasteiger partial charge in [0.1, 0.15) is 6.54 Å². The molecule has 0 amide bonds. The summed E-state index contributed by atoms with van der Waals surface area (Å²) in [7, 11) is 6.49. The minimum absolute atomic E-state index is 0. The van der Waals surface area contributed by atoms with Crippen molar-refractivity contribution in [2.75, 3.05) is 21.1 Å². The van der Waals surface area contributed by atoms with Crippen LogP contribution in [0.4, 0.5) is 0 Å². The van der Waals surface area contributed by atoms with Crippen molar-refractivity contribution < 1.29 is 21.7 Å². The molecule has 0 heterocycles. The van der Waals surface area contributed by atoms with E-state index in [4.69, 9.17) is 0 Å². The molecule has 0 atom stereocenters. The molecule has 0 fully saturated rings. The molecule has 4 heteroatoms. The first-order valence-electron chi connectivity index (χ1n) is 4.95. The monoisotopic (exact) mass is 259 g/mol. The average Bonchev–Trinajstić information content (AvgIpc) is 2.05. The first-order valence-corrected chi connectivity index (χ1v) is 5.76. The number of nitrogens with zero attached hydrogens (tertiary/aromatic N) is 1. The van der Waals surface area contributed by atoms with Gasteiger partial charge in [-0.25, -0.2) is 0 Å². The molecular formula is C12H18ClNOS. The summed E-state index contributed by atoms with van der Waals surface area (Å²) in [6.07, 6.45) is 0. The number of quaternary nitrogens is 1. The van der Waals surface area contributed by atoms with Gasteiger partial charge in [-0.2, -0.15) is 0 Å². The van der Waals surface area contributed by atoms with Gasteiger partial charge >= 0.3 is 0 Å². The number of halogens is 1. The fraction of sp³-hybridized carbons (Fsp3) is 0.417. The normalized spacial score (nSPS) is 10.8. The van der Waals surface area contributed by atoms with Crippen molar-refractivity contribution in [1.29, 1.82) is 0 Å². The highest BCUT2D eigenvalue weighted by atomic mass is 35.5. The molecule has 0 aromatic heterocycles. The van der Waals surface area contributed by atoms with Crippen LogP contribution in [0.1, 0.15) is 12.5 Å². The van der Waals surface area contributed by atoms with E-state index in [1.165, 1.54) is 17.3 Å². The highest BCUT2D eigenvalue weighted by Crippen LogP contribution is 2.19. The highest BCUT2D eigenvalue weighted by Gasteiger charge is 2.08. The predicted molar refractivity (Wildman–Crippen MR) is 64.7 cm³/mol. The van der Waals surface area contributed by atoms with Gasteiger partial charge in [0.2, 0.25) is 0 Å². The fourth-order valence-electron chi connectivity index (χ4n) is 1.38. The molecule has 0 aliphatic rings. The lowest BCUT2D eigenvalue weighted by atomic mass is 10.2. The van der Waals surface area contributed by atoms with Gasteiger partial charge in [0.25, 0.3) is 0 Å². The number of carbonyl (C=O) groups is 1. The first-order chi connectivity index (χ1) is 6.87. The molecular weight excluding hydrogens is 242 g/mol. The van der Waals surface area contributed by atoms with Crippen molar-refractivity contribution in [3.8, 4) is 0 Å². The van der Waals surface area contributed by atoms with Crippen LogP contribution in [-0.4, -0.2) is 30.7 Å². The van der Waals surface area contributed by atoms with E-state index >= 15 is 0 Å². The van der Waals surface area contributed by atoms with Gasteiger partial charge < -0.3 is 16.9 Å². The zero-order valence-electron chi connectivity index (χ0n) is 10.2. The zero-order valence-corrected chi connectivity index (χ0v) is 11.7. The molecule has 90 valence electrons. The molecule has 2 nitrogen and oxygen atoms in total. The van der Waals surface area contributed by atoms with Crippen LogP contribution in [0.2, 0.25) is 0 Å². The summed E-state index contributed by atoms with van der Waals surface area (Å²) in [6.45, 7) is 2.59. The van der Waals surface area contributed by atoms with Crippen LogP contribution in [-0.2, 0) is 11.3 Å². The van der Waals surface area contributed by atoms with Crippen molar-refractivity contribution in [2.45, 2.75) is 18.4 Å². The van der Waals surface area contributed by atoms with Gasteiger partial charge in [0.15, 0.2) is 5.12 Å². The van der Waals surface area contributed by atoms with Crippen LogP contribution in [0, 0.1) is 0 Å².